The van der Waals surface area contributed by atoms with Crippen LogP contribution < -0.4 is 10.6 Å². The Morgan fingerprint density at radius 1 is 1.29 bits per heavy atom. The van der Waals surface area contributed by atoms with Crippen LogP contribution in [0.3, 0.4) is 0 Å². The average molecular weight is 289 g/mol. The van der Waals surface area contributed by atoms with Crippen LogP contribution in [-0.2, 0) is 11.3 Å². The molecule has 1 aliphatic heterocycles. The molecule has 0 saturated carbocycles. The molecule has 2 rings (SSSR count). The number of hydrogen-bond acceptors (Lipinski definition) is 3. The summed E-state index contributed by atoms with van der Waals surface area (Å²) in [6, 6.07) is 8.92. The zero-order valence-corrected chi connectivity index (χ0v) is 13.2. The fourth-order valence-corrected chi connectivity index (χ4v) is 2.78. The van der Waals surface area contributed by atoms with E-state index in [-0.39, 0.29) is 5.91 Å². The van der Waals surface area contributed by atoms with E-state index >= 15 is 0 Å². The third-order valence-electron chi connectivity index (χ3n) is 4.17. The zero-order valence-electron chi connectivity index (χ0n) is 13.2. The first kappa shape index (κ1) is 16.0. The summed E-state index contributed by atoms with van der Waals surface area (Å²) < 4.78 is 0. The molecule has 1 atom stereocenters. The summed E-state index contributed by atoms with van der Waals surface area (Å²) in [5.74, 6) is 0.0572. The SMILES string of the molecule is CNCCC(=O)Nc1ccc(CN2CCCCC2C)cc1. The number of amides is 1. The molecule has 0 aromatic heterocycles. The molecule has 4 nitrogen and oxygen atoms in total. The highest BCUT2D eigenvalue weighted by molar-refractivity contribution is 5.90. The first-order chi connectivity index (χ1) is 10.2. The van der Waals surface area contributed by atoms with Crippen molar-refractivity contribution in [1.82, 2.24) is 10.2 Å². The van der Waals surface area contributed by atoms with Gasteiger partial charge in [0.05, 0.1) is 0 Å². The summed E-state index contributed by atoms with van der Waals surface area (Å²) in [6.45, 7) is 5.23. The first-order valence-electron chi connectivity index (χ1n) is 7.96. The van der Waals surface area contributed by atoms with Gasteiger partial charge < -0.3 is 10.6 Å². The maximum atomic E-state index is 11.7. The summed E-state index contributed by atoms with van der Waals surface area (Å²) >= 11 is 0. The fraction of sp³-hybridized carbons (Fsp3) is 0.588. The van der Waals surface area contributed by atoms with Gasteiger partial charge in [-0.3, -0.25) is 9.69 Å². The van der Waals surface area contributed by atoms with Crippen molar-refractivity contribution in [2.45, 2.75) is 45.2 Å². The van der Waals surface area contributed by atoms with Gasteiger partial charge in [-0.1, -0.05) is 18.6 Å². The van der Waals surface area contributed by atoms with Crippen molar-refractivity contribution in [3.05, 3.63) is 29.8 Å². The van der Waals surface area contributed by atoms with Crippen LogP contribution >= 0.6 is 0 Å². The van der Waals surface area contributed by atoms with E-state index in [9.17, 15) is 4.79 Å². The molecule has 0 bridgehead atoms. The lowest BCUT2D eigenvalue weighted by molar-refractivity contribution is -0.116. The molecule has 4 heteroatoms. The van der Waals surface area contributed by atoms with Gasteiger partial charge in [0.25, 0.3) is 0 Å². The Morgan fingerprint density at radius 2 is 2.05 bits per heavy atom. The Morgan fingerprint density at radius 3 is 2.71 bits per heavy atom. The smallest absolute Gasteiger partial charge is 0.225 e. The van der Waals surface area contributed by atoms with Gasteiger partial charge in [-0.2, -0.15) is 0 Å². The lowest BCUT2D eigenvalue weighted by Crippen LogP contribution is -2.36. The average Bonchev–Trinajstić information content (AvgIpc) is 2.49. The molecular formula is C17H27N3O. The number of anilines is 1. The molecule has 1 saturated heterocycles. The van der Waals surface area contributed by atoms with Gasteiger partial charge in [0.2, 0.25) is 5.91 Å². The molecule has 1 fully saturated rings. The monoisotopic (exact) mass is 289 g/mol. The number of rotatable bonds is 6. The predicted molar refractivity (Wildman–Crippen MR) is 87.3 cm³/mol. The summed E-state index contributed by atoms with van der Waals surface area (Å²) in [7, 11) is 1.85. The van der Waals surface area contributed by atoms with Crippen LogP contribution in [0.25, 0.3) is 0 Å². The number of likely N-dealkylation sites (tertiary alicyclic amines) is 1. The van der Waals surface area contributed by atoms with Gasteiger partial charge in [-0.05, 0) is 51.1 Å². The second-order valence-corrected chi connectivity index (χ2v) is 5.91. The van der Waals surface area contributed by atoms with Crippen LogP contribution in [0, 0.1) is 0 Å². The molecule has 2 N–H and O–H groups in total. The number of benzene rings is 1. The summed E-state index contributed by atoms with van der Waals surface area (Å²) in [5.41, 5.74) is 2.20. The lowest BCUT2D eigenvalue weighted by atomic mass is 10.0. The number of nitrogens with zero attached hydrogens (tertiary/aromatic N) is 1. The van der Waals surface area contributed by atoms with Crippen molar-refractivity contribution < 1.29 is 4.79 Å². The minimum absolute atomic E-state index is 0.0572. The molecule has 21 heavy (non-hydrogen) atoms. The highest BCUT2D eigenvalue weighted by Crippen LogP contribution is 2.20. The highest BCUT2D eigenvalue weighted by atomic mass is 16.1. The van der Waals surface area contributed by atoms with Crippen LogP contribution in [0.5, 0.6) is 0 Å². The van der Waals surface area contributed by atoms with Gasteiger partial charge in [-0.15, -0.1) is 0 Å². The Balaban J connectivity index is 1.85. The van der Waals surface area contributed by atoms with Gasteiger partial charge in [0.15, 0.2) is 0 Å². The standard InChI is InChI=1S/C17H27N3O/c1-14-5-3-4-12-20(14)13-15-6-8-16(9-7-15)19-17(21)10-11-18-2/h6-9,14,18H,3-5,10-13H2,1-2H3,(H,19,21). The molecule has 1 heterocycles. The molecule has 1 amide bonds. The number of nitrogens with one attached hydrogen (secondary N) is 2. The molecule has 1 aromatic carbocycles. The minimum atomic E-state index is 0.0572. The molecule has 1 aromatic rings. The Hall–Kier alpha value is -1.39. The fourth-order valence-electron chi connectivity index (χ4n) is 2.78. The van der Waals surface area contributed by atoms with E-state index in [0.717, 1.165) is 12.2 Å². The third kappa shape index (κ3) is 5.14. The van der Waals surface area contributed by atoms with E-state index in [1.54, 1.807) is 0 Å². The third-order valence-corrected chi connectivity index (χ3v) is 4.17. The topological polar surface area (TPSA) is 44.4 Å². The second-order valence-electron chi connectivity index (χ2n) is 5.91. The second kappa shape index (κ2) is 8.15. The van der Waals surface area contributed by atoms with Crippen molar-refractivity contribution in [3.63, 3.8) is 0 Å². The van der Waals surface area contributed by atoms with Crippen molar-refractivity contribution >= 4 is 11.6 Å². The van der Waals surface area contributed by atoms with Crippen LogP contribution in [-0.4, -0.2) is 37.0 Å². The molecule has 0 spiro atoms. The number of piperidine rings is 1. The molecular weight excluding hydrogens is 262 g/mol. The van der Waals surface area contributed by atoms with E-state index in [1.807, 2.05) is 19.2 Å². The molecule has 1 unspecified atom stereocenters. The highest BCUT2D eigenvalue weighted by Gasteiger charge is 2.17. The molecule has 0 aliphatic carbocycles. The van der Waals surface area contributed by atoms with Crippen LogP contribution in [0.15, 0.2) is 24.3 Å². The van der Waals surface area contributed by atoms with E-state index in [4.69, 9.17) is 0 Å². The van der Waals surface area contributed by atoms with Crippen molar-refractivity contribution in [3.8, 4) is 0 Å². The van der Waals surface area contributed by atoms with Gasteiger partial charge >= 0.3 is 0 Å². The molecule has 0 radical (unpaired) electrons. The normalized spacial score (nSPS) is 19.4. The van der Waals surface area contributed by atoms with E-state index in [0.29, 0.717) is 19.0 Å². The van der Waals surface area contributed by atoms with Gasteiger partial charge in [0, 0.05) is 31.2 Å². The lowest BCUT2D eigenvalue weighted by Gasteiger charge is -2.33. The van der Waals surface area contributed by atoms with E-state index in [1.165, 1.54) is 31.4 Å². The maximum absolute atomic E-state index is 11.7. The zero-order chi connectivity index (χ0) is 15.1. The first-order valence-corrected chi connectivity index (χ1v) is 7.96. The molecule has 116 valence electrons. The number of carbonyl (C=O) groups excluding carboxylic acids is 1. The van der Waals surface area contributed by atoms with Crippen molar-refractivity contribution in [2.24, 2.45) is 0 Å². The van der Waals surface area contributed by atoms with Crippen molar-refractivity contribution in [2.75, 3.05) is 25.5 Å². The van der Waals surface area contributed by atoms with E-state index < -0.39 is 0 Å². The van der Waals surface area contributed by atoms with Crippen molar-refractivity contribution in [1.29, 1.82) is 0 Å². The van der Waals surface area contributed by atoms with Gasteiger partial charge in [0.1, 0.15) is 0 Å². The van der Waals surface area contributed by atoms with Crippen LogP contribution in [0.1, 0.15) is 38.2 Å². The minimum Gasteiger partial charge on any atom is -0.326 e. The quantitative estimate of drug-likeness (QED) is 0.846. The summed E-state index contributed by atoms with van der Waals surface area (Å²) in [6.07, 6.45) is 4.47. The number of carbonyl (C=O) groups is 1. The van der Waals surface area contributed by atoms with Gasteiger partial charge in [-0.25, -0.2) is 0 Å². The predicted octanol–water partition coefficient (Wildman–Crippen LogP) is 2.61. The Bertz CT molecular complexity index is 444. The Kier molecular flexibility index (Phi) is 6.21. The summed E-state index contributed by atoms with van der Waals surface area (Å²) in [5, 5.41) is 5.90. The summed E-state index contributed by atoms with van der Waals surface area (Å²) in [4.78, 5) is 14.2. The van der Waals surface area contributed by atoms with E-state index in [2.05, 4.69) is 34.6 Å². The largest absolute Gasteiger partial charge is 0.326 e. The number of hydrogen-bond donors (Lipinski definition) is 2. The maximum Gasteiger partial charge on any atom is 0.225 e. The van der Waals surface area contributed by atoms with Crippen LogP contribution in [0.4, 0.5) is 5.69 Å². The Labute approximate surface area is 127 Å². The molecule has 1 aliphatic rings. The van der Waals surface area contributed by atoms with Crippen LogP contribution in [0.2, 0.25) is 0 Å².